The summed E-state index contributed by atoms with van der Waals surface area (Å²) in [5.74, 6) is 0.419. The summed E-state index contributed by atoms with van der Waals surface area (Å²) in [4.78, 5) is 8.95. The molecule has 0 N–H and O–H groups in total. The molecular weight excluding hydrogens is 435 g/mol. The van der Waals surface area contributed by atoms with Crippen LogP contribution in [0.15, 0.2) is 21.4 Å². The summed E-state index contributed by atoms with van der Waals surface area (Å²) in [7, 11) is 0. The third-order valence-corrected chi connectivity index (χ3v) is 5.03. The van der Waals surface area contributed by atoms with Crippen LogP contribution in [-0.4, -0.2) is 9.97 Å². The zero-order valence-electron chi connectivity index (χ0n) is 7.88. The molecule has 0 fully saturated rings. The van der Waals surface area contributed by atoms with Crippen molar-refractivity contribution in [1.82, 2.24) is 9.97 Å². The molecule has 0 amide bonds. The molecule has 1 heterocycles. The van der Waals surface area contributed by atoms with Crippen LogP contribution in [0.25, 0.3) is 0 Å². The third-order valence-electron chi connectivity index (χ3n) is 2.40. The van der Waals surface area contributed by atoms with Crippen LogP contribution in [0.2, 0.25) is 0 Å². The fourth-order valence-electron chi connectivity index (χ4n) is 1.66. The highest BCUT2D eigenvalue weighted by molar-refractivity contribution is 14.1. The van der Waals surface area contributed by atoms with Crippen LogP contribution in [0.5, 0.6) is 0 Å². The fraction of sp³-hybridized carbons (Fsp3) is 0.400. The van der Waals surface area contributed by atoms with E-state index in [-0.39, 0.29) is 0 Å². The molecule has 1 atom stereocenters. The lowest BCUT2D eigenvalue weighted by molar-refractivity contribution is 0.633. The molecule has 2 rings (SSSR count). The van der Waals surface area contributed by atoms with Crippen molar-refractivity contribution in [3.05, 3.63) is 30.8 Å². The molecule has 5 heteroatoms. The van der Waals surface area contributed by atoms with Gasteiger partial charge < -0.3 is 0 Å². The second-order valence-electron chi connectivity index (χ2n) is 3.45. The molecule has 0 unspecified atom stereocenters. The minimum Gasteiger partial charge on any atom is -0.241 e. The summed E-state index contributed by atoms with van der Waals surface area (Å²) in [6.07, 6.45) is 8.07. The zero-order chi connectivity index (χ0) is 10.8. The standard InChI is InChI=1S/C10H9Br2IN2/c11-8-7(6-4-2-1-3-5-6)14-10(13)9(12)15-8/h2,4,6H,1,3,5H2/t6-/m1/s1. The maximum absolute atomic E-state index is 4.58. The molecule has 0 aromatic carbocycles. The lowest BCUT2D eigenvalue weighted by atomic mass is 9.93. The van der Waals surface area contributed by atoms with E-state index in [4.69, 9.17) is 0 Å². The average Bonchev–Trinajstić information content (AvgIpc) is 2.25. The van der Waals surface area contributed by atoms with Crippen LogP contribution in [0.4, 0.5) is 0 Å². The maximum Gasteiger partial charge on any atom is 0.139 e. The first-order valence-electron chi connectivity index (χ1n) is 4.73. The molecule has 0 saturated carbocycles. The fourth-order valence-corrected chi connectivity index (χ4v) is 3.11. The summed E-state index contributed by atoms with van der Waals surface area (Å²) in [6.45, 7) is 0. The first kappa shape index (κ1) is 12.0. The summed E-state index contributed by atoms with van der Waals surface area (Å²) in [5, 5.41) is 0. The van der Waals surface area contributed by atoms with E-state index in [0.717, 1.165) is 18.6 Å². The van der Waals surface area contributed by atoms with E-state index < -0.39 is 0 Å². The zero-order valence-corrected chi connectivity index (χ0v) is 13.2. The van der Waals surface area contributed by atoms with Gasteiger partial charge in [0.05, 0.1) is 5.69 Å². The molecule has 0 aliphatic heterocycles. The summed E-state index contributed by atoms with van der Waals surface area (Å²) in [6, 6.07) is 0. The first-order chi connectivity index (χ1) is 7.18. The summed E-state index contributed by atoms with van der Waals surface area (Å²) in [5.41, 5.74) is 1.05. The maximum atomic E-state index is 4.58. The third kappa shape index (κ3) is 2.79. The molecule has 1 aromatic rings. The molecule has 0 bridgehead atoms. The van der Waals surface area contributed by atoms with Gasteiger partial charge in [-0.15, -0.1) is 0 Å². The highest BCUT2D eigenvalue weighted by Crippen LogP contribution is 2.32. The highest BCUT2D eigenvalue weighted by Gasteiger charge is 2.18. The van der Waals surface area contributed by atoms with Gasteiger partial charge >= 0.3 is 0 Å². The molecule has 80 valence electrons. The van der Waals surface area contributed by atoms with Crippen LogP contribution in [0, 0.1) is 3.70 Å². The van der Waals surface area contributed by atoms with Crippen molar-refractivity contribution in [3.63, 3.8) is 0 Å². The normalized spacial score (nSPS) is 20.6. The SMILES string of the molecule is Brc1nc(Br)c([C@@H]2C=CCCC2)nc1I. The van der Waals surface area contributed by atoms with Crippen molar-refractivity contribution in [1.29, 1.82) is 0 Å². The number of nitrogens with zero attached hydrogens (tertiary/aromatic N) is 2. The predicted octanol–water partition coefficient (Wildman–Crippen LogP) is 4.43. The van der Waals surface area contributed by atoms with Gasteiger partial charge in [0, 0.05) is 5.92 Å². The van der Waals surface area contributed by atoms with Gasteiger partial charge in [-0.05, 0) is 73.7 Å². The topological polar surface area (TPSA) is 25.8 Å². The molecular formula is C10H9Br2IN2. The van der Waals surface area contributed by atoms with E-state index in [0.29, 0.717) is 5.92 Å². The predicted molar refractivity (Wildman–Crippen MR) is 75.9 cm³/mol. The van der Waals surface area contributed by atoms with E-state index >= 15 is 0 Å². The Labute approximate surface area is 119 Å². The van der Waals surface area contributed by atoms with Crippen molar-refractivity contribution in [2.45, 2.75) is 25.2 Å². The van der Waals surface area contributed by atoms with Crippen LogP contribution in [0.3, 0.4) is 0 Å². The van der Waals surface area contributed by atoms with Gasteiger partial charge in [0.15, 0.2) is 0 Å². The largest absolute Gasteiger partial charge is 0.241 e. The van der Waals surface area contributed by atoms with Gasteiger partial charge in [-0.3, -0.25) is 0 Å². The molecule has 2 nitrogen and oxygen atoms in total. The van der Waals surface area contributed by atoms with Crippen molar-refractivity contribution in [2.24, 2.45) is 0 Å². The van der Waals surface area contributed by atoms with Crippen LogP contribution < -0.4 is 0 Å². The van der Waals surface area contributed by atoms with Gasteiger partial charge in [-0.25, -0.2) is 9.97 Å². The Morgan fingerprint density at radius 3 is 2.73 bits per heavy atom. The molecule has 1 aromatic heterocycles. The lowest BCUT2D eigenvalue weighted by Gasteiger charge is -2.17. The minimum atomic E-state index is 0.419. The smallest absolute Gasteiger partial charge is 0.139 e. The molecule has 0 radical (unpaired) electrons. The molecule has 1 aliphatic carbocycles. The molecule has 1 aliphatic rings. The van der Waals surface area contributed by atoms with E-state index in [1.165, 1.54) is 19.3 Å². The number of rotatable bonds is 1. The van der Waals surface area contributed by atoms with Crippen molar-refractivity contribution < 1.29 is 0 Å². The Bertz CT molecular complexity index is 407. The van der Waals surface area contributed by atoms with Gasteiger partial charge in [0.1, 0.15) is 12.9 Å². The monoisotopic (exact) mass is 442 g/mol. The number of aromatic nitrogens is 2. The van der Waals surface area contributed by atoms with Gasteiger partial charge in [0.25, 0.3) is 0 Å². The van der Waals surface area contributed by atoms with E-state index in [9.17, 15) is 0 Å². The molecule has 0 spiro atoms. The number of hydrogen-bond donors (Lipinski definition) is 0. The second-order valence-corrected chi connectivity index (χ2v) is 5.97. The van der Waals surface area contributed by atoms with Crippen molar-refractivity contribution in [3.8, 4) is 0 Å². The quantitative estimate of drug-likeness (QED) is 0.474. The minimum absolute atomic E-state index is 0.419. The van der Waals surface area contributed by atoms with Crippen LogP contribution in [0.1, 0.15) is 30.9 Å². The Morgan fingerprint density at radius 1 is 1.27 bits per heavy atom. The van der Waals surface area contributed by atoms with Gasteiger partial charge in [0.2, 0.25) is 0 Å². The Hall–Kier alpha value is 0.510. The summed E-state index contributed by atoms with van der Waals surface area (Å²) >= 11 is 9.05. The Morgan fingerprint density at radius 2 is 2.07 bits per heavy atom. The Kier molecular flexibility index (Phi) is 4.17. The molecule has 15 heavy (non-hydrogen) atoms. The number of halogens is 3. The van der Waals surface area contributed by atoms with Crippen molar-refractivity contribution >= 4 is 54.5 Å². The number of hydrogen-bond acceptors (Lipinski definition) is 2. The summed E-state index contributed by atoms with van der Waals surface area (Å²) < 4.78 is 2.58. The van der Waals surface area contributed by atoms with Gasteiger partial charge in [-0.2, -0.15) is 0 Å². The van der Waals surface area contributed by atoms with Gasteiger partial charge in [-0.1, -0.05) is 12.2 Å². The van der Waals surface area contributed by atoms with E-state index in [1.807, 2.05) is 0 Å². The first-order valence-corrected chi connectivity index (χ1v) is 7.40. The lowest BCUT2D eigenvalue weighted by Crippen LogP contribution is -2.06. The Balaban J connectivity index is 2.38. The average molecular weight is 444 g/mol. The highest BCUT2D eigenvalue weighted by atomic mass is 127. The van der Waals surface area contributed by atoms with Crippen molar-refractivity contribution in [2.75, 3.05) is 0 Å². The van der Waals surface area contributed by atoms with E-state index in [2.05, 4.69) is 76.6 Å². The number of allylic oxidation sites excluding steroid dienone is 2. The second kappa shape index (κ2) is 5.23. The van der Waals surface area contributed by atoms with Crippen LogP contribution in [-0.2, 0) is 0 Å². The van der Waals surface area contributed by atoms with Crippen LogP contribution >= 0.6 is 54.5 Å². The van der Waals surface area contributed by atoms with E-state index in [1.54, 1.807) is 0 Å². The molecule has 0 saturated heterocycles.